The van der Waals surface area contributed by atoms with Gasteiger partial charge in [-0.15, -0.1) is 12.4 Å². The summed E-state index contributed by atoms with van der Waals surface area (Å²) in [6, 6.07) is -0.872. The molecule has 160 valence electrons. The number of carbonyl (C=O) groups is 2. The molecule has 0 aromatic heterocycles. The van der Waals surface area contributed by atoms with Gasteiger partial charge in [0, 0.05) is 27.2 Å². The maximum absolute atomic E-state index is 11.7. The molecular weight excluding hydrogens is 388 g/mol. The van der Waals surface area contributed by atoms with Crippen LogP contribution in [0.3, 0.4) is 0 Å². The first-order valence-corrected chi connectivity index (χ1v) is 10.2. The number of hydrogen-bond acceptors (Lipinski definition) is 4. The van der Waals surface area contributed by atoms with E-state index >= 15 is 0 Å². The van der Waals surface area contributed by atoms with Crippen molar-refractivity contribution < 1.29 is 9.59 Å². The summed E-state index contributed by atoms with van der Waals surface area (Å²) in [6.07, 6.45) is 14.6. The molecule has 2 aliphatic heterocycles. The fourth-order valence-corrected chi connectivity index (χ4v) is 4.21. The molecule has 0 spiro atoms. The summed E-state index contributed by atoms with van der Waals surface area (Å²) in [6.45, 7) is 1.61. The summed E-state index contributed by atoms with van der Waals surface area (Å²) >= 11 is 0. The Balaban J connectivity index is 0.000000200. The third-order valence-corrected chi connectivity index (χ3v) is 6.09. The quantitative estimate of drug-likeness (QED) is 0.627. The maximum atomic E-state index is 11.7. The predicted molar refractivity (Wildman–Crippen MR) is 119 cm³/mol. The predicted octanol–water partition coefficient (Wildman–Crippen LogP) is 2.07. The van der Waals surface area contributed by atoms with Crippen molar-refractivity contribution in [3.05, 3.63) is 46.6 Å². The molecular formula is C22H33ClN4O2. The van der Waals surface area contributed by atoms with E-state index in [-0.39, 0.29) is 24.2 Å². The zero-order valence-corrected chi connectivity index (χ0v) is 18.2. The standard InChI is InChI=1S/2C11H16N2O.ClH/c2*1-13-7-6-8-4-2-3-5-9(8)10(12)11(13)14;/h2*3,5,10H,2,4,6-7,12H2,1H3;1H/t10-;;/m0../s1. The number of amides is 2. The van der Waals surface area contributed by atoms with E-state index < -0.39 is 12.1 Å². The van der Waals surface area contributed by atoms with Crippen molar-refractivity contribution in [2.75, 3.05) is 27.2 Å². The van der Waals surface area contributed by atoms with Crippen molar-refractivity contribution in [1.29, 1.82) is 0 Å². The number of carbonyl (C=O) groups excluding carboxylic acids is 2. The van der Waals surface area contributed by atoms with E-state index in [1.54, 1.807) is 9.80 Å². The molecule has 0 aromatic carbocycles. The van der Waals surface area contributed by atoms with Gasteiger partial charge < -0.3 is 21.3 Å². The Morgan fingerprint density at radius 3 is 1.52 bits per heavy atom. The summed E-state index contributed by atoms with van der Waals surface area (Å²) in [4.78, 5) is 26.9. The Morgan fingerprint density at radius 1 is 0.759 bits per heavy atom. The molecule has 2 heterocycles. The highest BCUT2D eigenvalue weighted by Gasteiger charge is 2.28. The molecule has 4 rings (SSSR count). The topological polar surface area (TPSA) is 92.7 Å². The molecule has 2 aliphatic carbocycles. The highest BCUT2D eigenvalue weighted by molar-refractivity contribution is 5.87. The molecule has 7 heteroatoms. The van der Waals surface area contributed by atoms with Gasteiger partial charge in [-0.1, -0.05) is 35.5 Å². The molecule has 0 bridgehead atoms. The molecule has 0 radical (unpaired) electrons. The van der Waals surface area contributed by atoms with E-state index in [2.05, 4.69) is 12.2 Å². The lowest BCUT2D eigenvalue weighted by Crippen LogP contribution is -2.41. The second kappa shape index (κ2) is 10.2. The lowest BCUT2D eigenvalue weighted by atomic mass is 9.92. The maximum Gasteiger partial charge on any atom is 0.243 e. The molecule has 1 unspecified atom stereocenters. The molecule has 0 fully saturated rings. The number of nitrogens with two attached hydrogens (primary N) is 2. The molecule has 2 atom stereocenters. The first-order valence-electron chi connectivity index (χ1n) is 10.2. The molecule has 0 aromatic rings. The normalized spacial score (nSPS) is 26.8. The largest absolute Gasteiger partial charge is 0.344 e. The second-order valence-corrected chi connectivity index (χ2v) is 7.97. The van der Waals surface area contributed by atoms with Crippen LogP contribution >= 0.6 is 12.4 Å². The van der Waals surface area contributed by atoms with E-state index in [9.17, 15) is 9.59 Å². The molecule has 0 saturated carbocycles. The van der Waals surface area contributed by atoms with Crippen LogP contribution in [0.5, 0.6) is 0 Å². The molecule has 4 N–H and O–H groups in total. The number of allylic oxidation sites excluding steroid dienone is 2. The molecule has 29 heavy (non-hydrogen) atoms. The Bertz CT molecular complexity index is 705. The third-order valence-electron chi connectivity index (χ3n) is 6.09. The molecule has 6 nitrogen and oxygen atoms in total. The van der Waals surface area contributed by atoms with Crippen molar-refractivity contribution in [3.8, 4) is 0 Å². The van der Waals surface area contributed by atoms with Crippen molar-refractivity contribution in [2.45, 2.75) is 50.6 Å². The summed E-state index contributed by atoms with van der Waals surface area (Å²) < 4.78 is 0. The van der Waals surface area contributed by atoms with Gasteiger partial charge >= 0.3 is 0 Å². The van der Waals surface area contributed by atoms with E-state index in [1.165, 1.54) is 11.1 Å². The smallest absolute Gasteiger partial charge is 0.243 e. The molecule has 4 aliphatic rings. The van der Waals surface area contributed by atoms with Crippen LogP contribution in [0.4, 0.5) is 0 Å². The fraction of sp³-hybridized carbons (Fsp3) is 0.545. The Morgan fingerprint density at radius 2 is 1.14 bits per heavy atom. The lowest BCUT2D eigenvalue weighted by molar-refractivity contribution is -0.130. The average Bonchev–Trinajstić information content (AvgIpc) is 2.90. The van der Waals surface area contributed by atoms with E-state index in [1.807, 2.05) is 26.2 Å². The molecule has 2 amide bonds. The van der Waals surface area contributed by atoms with E-state index in [0.29, 0.717) is 0 Å². The van der Waals surface area contributed by atoms with Gasteiger partial charge in [0.25, 0.3) is 0 Å². The monoisotopic (exact) mass is 420 g/mol. The number of nitrogens with zero attached hydrogens (tertiary/aromatic N) is 2. The second-order valence-electron chi connectivity index (χ2n) is 7.97. The summed E-state index contributed by atoms with van der Waals surface area (Å²) in [7, 11) is 3.65. The number of likely N-dealkylation sites (N-methyl/N-ethyl adjacent to an activating group) is 2. The van der Waals surface area contributed by atoms with E-state index in [0.717, 1.165) is 62.8 Å². The van der Waals surface area contributed by atoms with Gasteiger partial charge in [-0.25, -0.2) is 0 Å². The minimum absolute atomic E-state index is 0. The number of hydrogen-bond donors (Lipinski definition) is 2. The Labute approximate surface area is 179 Å². The van der Waals surface area contributed by atoms with Crippen LogP contribution in [0.1, 0.15) is 38.5 Å². The van der Waals surface area contributed by atoms with Crippen molar-refractivity contribution in [2.24, 2.45) is 11.5 Å². The first-order chi connectivity index (χ1) is 13.4. The Hall–Kier alpha value is -1.89. The van der Waals surface area contributed by atoms with Gasteiger partial charge in [0.1, 0.15) is 12.1 Å². The Kier molecular flexibility index (Phi) is 8.25. The first kappa shape index (κ1) is 23.4. The van der Waals surface area contributed by atoms with Crippen LogP contribution < -0.4 is 11.5 Å². The van der Waals surface area contributed by atoms with Gasteiger partial charge in [0.2, 0.25) is 11.8 Å². The summed E-state index contributed by atoms with van der Waals surface area (Å²) in [5.74, 6) is 0.0862. The highest BCUT2D eigenvalue weighted by atomic mass is 35.5. The van der Waals surface area contributed by atoms with Crippen LogP contribution in [-0.4, -0.2) is 60.9 Å². The van der Waals surface area contributed by atoms with Gasteiger partial charge in [0.15, 0.2) is 0 Å². The fourth-order valence-electron chi connectivity index (χ4n) is 4.21. The third kappa shape index (κ3) is 5.18. The van der Waals surface area contributed by atoms with Crippen LogP contribution in [0.25, 0.3) is 0 Å². The molecule has 0 saturated heterocycles. The van der Waals surface area contributed by atoms with Crippen molar-refractivity contribution in [1.82, 2.24) is 9.80 Å². The minimum atomic E-state index is -0.436. The minimum Gasteiger partial charge on any atom is -0.344 e. The summed E-state index contributed by atoms with van der Waals surface area (Å²) in [5, 5.41) is 0. The number of rotatable bonds is 0. The summed E-state index contributed by atoms with van der Waals surface area (Å²) in [5.41, 5.74) is 16.7. The van der Waals surface area contributed by atoms with Crippen LogP contribution in [0.2, 0.25) is 0 Å². The van der Waals surface area contributed by atoms with Gasteiger partial charge in [-0.05, 0) is 49.7 Å². The van der Waals surface area contributed by atoms with E-state index in [4.69, 9.17) is 11.5 Å². The van der Waals surface area contributed by atoms with Gasteiger partial charge in [0.05, 0.1) is 0 Å². The van der Waals surface area contributed by atoms with Gasteiger partial charge in [-0.2, -0.15) is 0 Å². The van der Waals surface area contributed by atoms with Crippen molar-refractivity contribution in [3.63, 3.8) is 0 Å². The van der Waals surface area contributed by atoms with Gasteiger partial charge in [-0.3, -0.25) is 9.59 Å². The lowest BCUT2D eigenvalue weighted by Gasteiger charge is -2.18. The van der Waals surface area contributed by atoms with Crippen LogP contribution in [-0.2, 0) is 9.59 Å². The van der Waals surface area contributed by atoms with Crippen molar-refractivity contribution >= 4 is 24.2 Å². The average molecular weight is 421 g/mol. The number of halogens is 1. The van der Waals surface area contributed by atoms with Crippen LogP contribution in [0, 0.1) is 0 Å². The SMILES string of the molecule is CN1CCC2=C(C=CCC2)C(N)C1=O.CN1CCC2=C(C=CCC2)[C@H](N)C1=O.Cl. The zero-order chi connectivity index (χ0) is 20.3. The van der Waals surface area contributed by atoms with Crippen LogP contribution in [0.15, 0.2) is 46.6 Å². The highest BCUT2D eigenvalue weighted by Crippen LogP contribution is 2.27. The zero-order valence-electron chi connectivity index (χ0n) is 17.4.